The third-order valence-corrected chi connectivity index (χ3v) is 4.71. The molecule has 1 N–H and O–H groups in total. The third kappa shape index (κ3) is 6.56. The monoisotopic (exact) mass is 411 g/mol. The highest BCUT2D eigenvalue weighted by atomic mass is 35.5. The quantitative estimate of drug-likeness (QED) is 0.645. The Kier molecular flexibility index (Phi) is 8.29. The van der Waals surface area contributed by atoms with Crippen LogP contribution >= 0.6 is 35.0 Å². The predicted octanol–water partition coefficient (Wildman–Crippen LogP) is 4.59. The average molecular weight is 412 g/mol. The van der Waals surface area contributed by atoms with E-state index < -0.39 is 12.0 Å². The number of hydrogen-bond donors (Lipinski definition) is 1. The molecule has 1 amide bonds. The number of benzene rings is 2. The zero-order valence-electron chi connectivity index (χ0n) is 14.2. The highest BCUT2D eigenvalue weighted by Gasteiger charge is 2.22. The maximum absolute atomic E-state index is 12.4. The summed E-state index contributed by atoms with van der Waals surface area (Å²) in [6, 6.07) is 12.9. The van der Waals surface area contributed by atoms with Gasteiger partial charge in [-0.05, 0) is 60.4 Å². The van der Waals surface area contributed by atoms with Crippen molar-refractivity contribution in [2.24, 2.45) is 0 Å². The number of amides is 1. The first-order valence-electron chi connectivity index (χ1n) is 7.96. The maximum Gasteiger partial charge on any atom is 0.329 e. The highest BCUT2D eigenvalue weighted by Crippen LogP contribution is 2.13. The van der Waals surface area contributed by atoms with E-state index in [4.69, 9.17) is 27.9 Å². The van der Waals surface area contributed by atoms with Gasteiger partial charge in [-0.2, -0.15) is 11.8 Å². The fourth-order valence-corrected chi connectivity index (χ4v) is 3.02. The summed E-state index contributed by atoms with van der Waals surface area (Å²) in [5, 5.41) is 3.86. The minimum absolute atomic E-state index is 0.103. The molecule has 26 heavy (non-hydrogen) atoms. The van der Waals surface area contributed by atoms with Crippen molar-refractivity contribution < 1.29 is 14.3 Å². The van der Waals surface area contributed by atoms with Crippen LogP contribution in [0.15, 0.2) is 48.5 Å². The van der Waals surface area contributed by atoms with E-state index >= 15 is 0 Å². The molecule has 0 saturated carbocycles. The summed E-state index contributed by atoms with van der Waals surface area (Å²) in [4.78, 5) is 24.8. The summed E-state index contributed by atoms with van der Waals surface area (Å²) >= 11 is 13.4. The molecule has 0 bridgehead atoms. The van der Waals surface area contributed by atoms with Gasteiger partial charge in [0.1, 0.15) is 12.6 Å². The molecule has 2 aromatic carbocycles. The molecule has 0 heterocycles. The fraction of sp³-hybridized carbons (Fsp3) is 0.263. The fourth-order valence-electron chi connectivity index (χ4n) is 2.21. The highest BCUT2D eigenvalue weighted by molar-refractivity contribution is 7.98. The second-order valence-corrected chi connectivity index (χ2v) is 7.41. The summed E-state index contributed by atoms with van der Waals surface area (Å²) in [6.45, 7) is 0.103. The van der Waals surface area contributed by atoms with Crippen LogP contribution in [0.2, 0.25) is 10.0 Å². The summed E-state index contributed by atoms with van der Waals surface area (Å²) in [7, 11) is 0. The van der Waals surface area contributed by atoms with Crippen molar-refractivity contribution in [1.29, 1.82) is 0 Å². The zero-order valence-corrected chi connectivity index (χ0v) is 16.5. The lowest BCUT2D eigenvalue weighted by atomic mass is 10.1. The van der Waals surface area contributed by atoms with Gasteiger partial charge in [0.15, 0.2) is 0 Å². The average Bonchev–Trinajstić information content (AvgIpc) is 2.63. The molecular formula is C19H19Cl2NO3S. The Morgan fingerprint density at radius 3 is 2.50 bits per heavy atom. The number of rotatable bonds is 8. The Hall–Kier alpha value is -1.69. The van der Waals surface area contributed by atoms with E-state index in [1.807, 2.05) is 12.3 Å². The van der Waals surface area contributed by atoms with Crippen molar-refractivity contribution in [3.8, 4) is 0 Å². The van der Waals surface area contributed by atoms with Gasteiger partial charge in [0.25, 0.3) is 5.91 Å². The minimum atomic E-state index is -0.718. The second kappa shape index (κ2) is 10.5. The van der Waals surface area contributed by atoms with Crippen molar-refractivity contribution >= 4 is 46.8 Å². The van der Waals surface area contributed by atoms with Crippen LogP contribution in [0.1, 0.15) is 22.3 Å². The summed E-state index contributed by atoms with van der Waals surface area (Å²) < 4.78 is 5.36. The summed E-state index contributed by atoms with van der Waals surface area (Å²) in [5.41, 5.74) is 1.23. The van der Waals surface area contributed by atoms with Crippen molar-refractivity contribution in [2.45, 2.75) is 19.1 Å². The SMILES string of the molecule is CSCC[C@H](NC(=O)c1ccc(Cl)cc1)C(=O)OCc1cccc(Cl)c1. The van der Waals surface area contributed by atoms with Gasteiger partial charge in [-0.25, -0.2) is 4.79 Å². The van der Waals surface area contributed by atoms with E-state index in [0.29, 0.717) is 22.0 Å². The number of hydrogen-bond acceptors (Lipinski definition) is 4. The Balaban J connectivity index is 1.99. The molecular weight excluding hydrogens is 393 g/mol. The number of thioether (sulfide) groups is 1. The molecule has 0 aliphatic heterocycles. The molecule has 0 aliphatic rings. The standard InChI is InChI=1S/C19H19Cl2NO3S/c1-26-10-9-17(22-18(23)14-5-7-15(20)8-6-14)19(24)25-12-13-3-2-4-16(21)11-13/h2-8,11,17H,9-10,12H2,1H3,(H,22,23)/t17-/m0/s1. The first-order valence-corrected chi connectivity index (χ1v) is 10.1. The molecule has 7 heteroatoms. The van der Waals surface area contributed by atoms with Crippen LogP contribution < -0.4 is 5.32 Å². The van der Waals surface area contributed by atoms with E-state index in [2.05, 4.69) is 5.32 Å². The first-order chi connectivity index (χ1) is 12.5. The van der Waals surface area contributed by atoms with Crippen LogP contribution in [0.25, 0.3) is 0 Å². The van der Waals surface area contributed by atoms with Crippen LogP contribution in [0.4, 0.5) is 0 Å². The van der Waals surface area contributed by atoms with Crippen LogP contribution in [0.3, 0.4) is 0 Å². The molecule has 0 radical (unpaired) electrons. The molecule has 1 atom stereocenters. The lowest BCUT2D eigenvalue weighted by Crippen LogP contribution is -2.42. The van der Waals surface area contributed by atoms with Crippen LogP contribution in [-0.2, 0) is 16.1 Å². The Bertz CT molecular complexity index is 753. The van der Waals surface area contributed by atoms with Gasteiger partial charge in [0, 0.05) is 15.6 Å². The second-order valence-electron chi connectivity index (χ2n) is 5.55. The number of esters is 1. The number of ether oxygens (including phenoxy) is 1. The van der Waals surface area contributed by atoms with Gasteiger partial charge in [-0.3, -0.25) is 4.79 Å². The molecule has 2 rings (SSSR count). The zero-order chi connectivity index (χ0) is 18.9. The van der Waals surface area contributed by atoms with Crippen LogP contribution in [0, 0.1) is 0 Å². The van der Waals surface area contributed by atoms with E-state index in [1.165, 1.54) is 0 Å². The molecule has 0 spiro atoms. The molecule has 0 saturated heterocycles. The topological polar surface area (TPSA) is 55.4 Å². The van der Waals surface area contributed by atoms with Gasteiger partial charge in [-0.15, -0.1) is 0 Å². The number of nitrogens with one attached hydrogen (secondary N) is 1. The third-order valence-electron chi connectivity index (χ3n) is 3.58. The molecule has 0 aromatic heterocycles. The molecule has 4 nitrogen and oxygen atoms in total. The summed E-state index contributed by atoms with van der Waals surface area (Å²) in [6.07, 6.45) is 2.42. The number of carbonyl (C=O) groups is 2. The van der Waals surface area contributed by atoms with Crippen LogP contribution in [0.5, 0.6) is 0 Å². The normalized spacial score (nSPS) is 11.7. The van der Waals surface area contributed by atoms with E-state index in [-0.39, 0.29) is 12.5 Å². The Morgan fingerprint density at radius 2 is 1.85 bits per heavy atom. The van der Waals surface area contributed by atoms with E-state index in [0.717, 1.165) is 11.3 Å². The van der Waals surface area contributed by atoms with E-state index in [9.17, 15) is 9.59 Å². The van der Waals surface area contributed by atoms with Gasteiger partial charge in [0.2, 0.25) is 0 Å². The Labute approximate surface area is 167 Å². The predicted molar refractivity (Wildman–Crippen MR) is 107 cm³/mol. The van der Waals surface area contributed by atoms with Crippen molar-refractivity contribution in [3.05, 3.63) is 69.7 Å². The van der Waals surface area contributed by atoms with E-state index in [1.54, 1.807) is 54.2 Å². The van der Waals surface area contributed by atoms with Crippen LogP contribution in [-0.4, -0.2) is 29.9 Å². The summed E-state index contributed by atoms with van der Waals surface area (Å²) in [5.74, 6) is -0.0912. The first kappa shape index (κ1) is 20.6. The lowest BCUT2D eigenvalue weighted by molar-refractivity contribution is -0.147. The van der Waals surface area contributed by atoms with Gasteiger partial charge in [-0.1, -0.05) is 35.3 Å². The molecule has 2 aromatic rings. The molecule has 0 aliphatic carbocycles. The molecule has 0 unspecified atom stereocenters. The largest absolute Gasteiger partial charge is 0.459 e. The number of halogens is 2. The maximum atomic E-state index is 12.4. The molecule has 0 fully saturated rings. The smallest absolute Gasteiger partial charge is 0.329 e. The van der Waals surface area contributed by atoms with Crippen molar-refractivity contribution in [3.63, 3.8) is 0 Å². The Morgan fingerprint density at radius 1 is 1.12 bits per heavy atom. The van der Waals surface area contributed by atoms with Crippen molar-refractivity contribution in [1.82, 2.24) is 5.32 Å². The lowest BCUT2D eigenvalue weighted by Gasteiger charge is -2.17. The number of carbonyl (C=O) groups excluding carboxylic acids is 2. The van der Waals surface area contributed by atoms with Gasteiger partial charge >= 0.3 is 5.97 Å². The van der Waals surface area contributed by atoms with Gasteiger partial charge < -0.3 is 10.1 Å². The molecule has 138 valence electrons. The van der Waals surface area contributed by atoms with Crippen molar-refractivity contribution in [2.75, 3.05) is 12.0 Å². The van der Waals surface area contributed by atoms with Gasteiger partial charge in [0.05, 0.1) is 0 Å². The minimum Gasteiger partial charge on any atom is -0.459 e.